The van der Waals surface area contributed by atoms with E-state index in [1.54, 1.807) is 0 Å². The highest BCUT2D eigenvalue weighted by Crippen LogP contribution is 2.52. The monoisotopic (exact) mass is 265 g/mol. The molecule has 4 nitrogen and oxygen atoms in total. The molecule has 3 atom stereocenters. The van der Waals surface area contributed by atoms with Crippen molar-refractivity contribution < 1.29 is 14.7 Å². The van der Waals surface area contributed by atoms with E-state index in [0.29, 0.717) is 12.8 Å². The van der Waals surface area contributed by atoms with Gasteiger partial charge in [0.05, 0.1) is 0 Å². The van der Waals surface area contributed by atoms with Crippen LogP contribution in [0.25, 0.3) is 0 Å². The molecule has 0 saturated heterocycles. The largest absolute Gasteiger partial charge is 0.380 e. The summed E-state index contributed by atoms with van der Waals surface area (Å²) >= 11 is 0. The minimum Gasteiger partial charge on any atom is -0.380 e. The van der Waals surface area contributed by atoms with Crippen LogP contribution in [0, 0.1) is 11.3 Å². The van der Waals surface area contributed by atoms with Crippen molar-refractivity contribution in [2.24, 2.45) is 17.1 Å². The van der Waals surface area contributed by atoms with Crippen molar-refractivity contribution in [3.63, 3.8) is 0 Å². The highest BCUT2D eigenvalue weighted by Gasteiger charge is 2.46. The number of ketones is 1. The van der Waals surface area contributed by atoms with E-state index in [9.17, 15) is 14.7 Å². The number of carbonyl (C=O) groups excluding carboxylic acids is 2. The number of carbonyl (C=O) groups is 2. The second kappa shape index (κ2) is 4.44. The fourth-order valence-corrected chi connectivity index (χ4v) is 3.55. The molecular weight excluding hydrogens is 242 g/mol. The predicted octanol–water partition coefficient (Wildman–Crippen LogP) is 1.71. The maximum atomic E-state index is 11.9. The molecule has 1 saturated carbocycles. The summed E-state index contributed by atoms with van der Waals surface area (Å²) in [4.78, 5) is 23.3. The number of nitrogens with two attached hydrogens (primary N) is 1. The zero-order valence-electron chi connectivity index (χ0n) is 12.0. The molecule has 2 rings (SSSR count). The fraction of sp³-hybridized carbons (Fsp3) is 0.733. The molecular formula is C15H23NO3. The van der Waals surface area contributed by atoms with Gasteiger partial charge in [-0.05, 0) is 50.5 Å². The molecule has 0 heterocycles. The summed E-state index contributed by atoms with van der Waals surface area (Å²) in [7, 11) is 0. The van der Waals surface area contributed by atoms with Crippen molar-refractivity contribution in [2.45, 2.75) is 58.5 Å². The Kier molecular flexibility index (Phi) is 3.33. The topological polar surface area (TPSA) is 80.4 Å². The van der Waals surface area contributed by atoms with Gasteiger partial charge >= 0.3 is 0 Å². The Hall–Kier alpha value is -1.16. The SMILES string of the molecule is CC1=C2C[C@H](C(C)(O)C(N)=O)CC[C@]2(C)CCC1=O. The molecule has 106 valence electrons. The van der Waals surface area contributed by atoms with E-state index in [4.69, 9.17) is 5.73 Å². The molecule has 0 aliphatic heterocycles. The number of aliphatic hydroxyl groups is 1. The smallest absolute Gasteiger partial charge is 0.249 e. The van der Waals surface area contributed by atoms with Crippen molar-refractivity contribution in [3.8, 4) is 0 Å². The quantitative estimate of drug-likeness (QED) is 0.797. The summed E-state index contributed by atoms with van der Waals surface area (Å²) in [5.41, 5.74) is 5.82. The lowest BCUT2D eigenvalue weighted by Crippen LogP contribution is -2.50. The summed E-state index contributed by atoms with van der Waals surface area (Å²) in [6.45, 7) is 5.55. The third-order valence-electron chi connectivity index (χ3n) is 5.29. The van der Waals surface area contributed by atoms with E-state index >= 15 is 0 Å². The van der Waals surface area contributed by atoms with Crippen LogP contribution in [0.5, 0.6) is 0 Å². The van der Waals surface area contributed by atoms with Crippen molar-refractivity contribution in [3.05, 3.63) is 11.1 Å². The van der Waals surface area contributed by atoms with Gasteiger partial charge < -0.3 is 10.8 Å². The average molecular weight is 265 g/mol. The lowest BCUT2D eigenvalue weighted by molar-refractivity contribution is -0.141. The molecule has 1 unspecified atom stereocenters. The van der Waals surface area contributed by atoms with Gasteiger partial charge in [-0.1, -0.05) is 12.5 Å². The number of hydrogen-bond acceptors (Lipinski definition) is 3. The zero-order chi connectivity index (χ0) is 14.4. The van der Waals surface area contributed by atoms with Gasteiger partial charge in [0.25, 0.3) is 0 Å². The maximum absolute atomic E-state index is 11.9. The van der Waals surface area contributed by atoms with Crippen LogP contribution >= 0.6 is 0 Å². The number of rotatable bonds is 2. The Balaban J connectivity index is 2.34. The summed E-state index contributed by atoms with van der Waals surface area (Å²) in [6.07, 6.45) is 3.77. The van der Waals surface area contributed by atoms with Gasteiger partial charge in [0.15, 0.2) is 5.78 Å². The van der Waals surface area contributed by atoms with Gasteiger partial charge in [-0.3, -0.25) is 9.59 Å². The van der Waals surface area contributed by atoms with Gasteiger partial charge in [0.2, 0.25) is 5.91 Å². The van der Waals surface area contributed by atoms with Crippen LogP contribution in [-0.2, 0) is 9.59 Å². The summed E-state index contributed by atoms with van der Waals surface area (Å²) in [6, 6.07) is 0. The second-order valence-electron chi connectivity index (χ2n) is 6.54. The predicted molar refractivity (Wildman–Crippen MR) is 72.2 cm³/mol. The van der Waals surface area contributed by atoms with Crippen molar-refractivity contribution in [1.82, 2.24) is 0 Å². The Morgan fingerprint density at radius 3 is 2.68 bits per heavy atom. The second-order valence-corrected chi connectivity index (χ2v) is 6.54. The number of fused-ring (bicyclic) bond motifs is 1. The molecule has 0 radical (unpaired) electrons. The first-order valence-corrected chi connectivity index (χ1v) is 6.94. The summed E-state index contributed by atoms with van der Waals surface area (Å²) in [5, 5.41) is 10.3. The molecule has 2 aliphatic carbocycles. The Morgan fingerprint density at radius 2 is 2.11 bits per heavy atom. The number of Topliss-reactive ketones (excluding diaryl/α,β-unsaturated/α-hetero) is 1. The summed E-state index contributed by atoms with van der Waals surface area (Å²) < 4.78 is 0. The maximum Gasteiger partial charge on any atom is 0.249 e. The van der Waals surface area contributed by atoms with Gasteiger partial charge in [0, 0.05) is 12.3 Å². The number of primary amides is 1. The van der Waals surface area contributed by atoms with E-state index in [-0.39, 0.29) is 17.1 Å². The zero-order valence-corrected chi connectivity index (χ0v) is 12.0. The average Bonchev–Trinajstić information content (AvgIpc) is 2.34. The third-order valence-corrected chi connectivity index (χ3v) is 5.29. The van der Waals surface area contributed by atoms with E-state index in [2.05, 4.69) is 6.92 Å². The lowest BCUT2D eigenvalue weighted by atomic mass is 9.59. The summed E-state index contributed by atoms with van der Waals surface area (Å²) in [5.74, 6) is -0.665. The molecule has 0 aromatic carbocycles. The number of allylic oxidation sites excluding steroid dienone is 2. The minimum absolute atomic E-state index is 0.0578. The number of amides is 1. The molecule has 0 aromatic rings. The van der Waals surface area contributed by atoms with Crippen LogP contribution in [0.1, 0.15) is 52.9 Å². The van der Waals surface area contributed by atoms with E-state index in [1.807, 2.05) is 6.92 Å². The van der Waals surface area contributed by atoms with Crippen molar-refractivity contribution in [2.75, 3.05) is 0 Å². The van der Waals surface area contributed by atoms with E-state index in [1.165, 1.54) is 6.92 Å². The van der Waals surface area contributed by atoms with Crippen LogP contribution in [0.15, 0.2) is 11.1 Å². The van der Waals surface area contributed by atoms with Crippen LogP contribution in [-0.4, -0.2) is 22.4 Å². The molecule has 4 heteroatoms. The van der Waals surface area contributed by atoms with Crippen LogP contribution in [0.2, 0.25) is 0 Å². The Bertz CT molecular complexity index is 464. The molecule has 0 bridgehead atoms. The Morgan fingerprint density at radius 1 is 1.47 bits per heavy atom. The lowest BCUT2D eigenvalue weighted by Gasteiger charge is -2.46. The van der Waals surface area contributed by atoms with E-state index in [0.717, 1.165) is 30.4 Å². The van der Waals surface area contributed by atoms with Crippen LogP contribution in [0.4, 0.5) is 0 Å². The molecule has 0 aromatic heterocycles. The van der Waals surface area contributed by atoms with Crippen LogP contribution < -0.4 is 5.73 Å². The molecule has 0 spiro atoms. The highest BCUT2D eigenvalue weighted by atomic mass is 16.3. The first-order chi connectivity index (χ1) is 8.68. The van der Waals surface area contributed by atoms with Gasteiger partial charge in [-0.15, -0.1) is 0 Å². The van der Waals surface area contributed by atoms with Gasteiger partial charge in [-0.2, -0.15) is 0 Å². The van der Waals surface area contributed by atoms with Crippen molar-refractivity contribution in [1.29, 1.82) is 0 Å². The first-order valence-electron chi connectivity index (χ1n) is 6.94. The molecule has 2 aliphatic rings. The van der Waals surface area contributed by atoms with Gasteiger partial charge in [0.1, 0.15) is 5.60 Å². The van der Waals surface area contributed by atoms with Gasteiger partial charge in [-0.25, -0.2) is 0 Å². The highest BCUT2D eigenvalue weighted by molar-refractivity contribution is 5.96. The Labute approximate surface area is 114 Å². The third kappa shape index (κ3) is 2.22. The fourth-order valence-electron chi connectivity index (χ4n) is 3.55. The van der Waals surface area contributed by atoms with Crippen molar-refractivity contribution >= 4 is 11.7 Å². The number of hydrogen-bond donors (Lipinski definition) is 2. The molecule has 1 amide bonds. The normalized spacial score (nSPS) is 34.7. The molecule has 19 heavy (non-hydrogen) atoms. The standard InChI is InChI=1S/C15H23NO3/c1-9-11-8-10(15(3,19)13(16)18)4-6-14(11,2)7-5-12(9)17/h10,19H,4-8H2,1-3H3,(H2,16,18)/t10-,14-,15?/m1/s1. The first kappa shape index (κ1) is 14.3. The minimum atomic E-state index is -1.49. The van der Waals surface area contributed by atoms with E-state index < -0.39 is 11.5 Å². The molecule has 1 fully saturated rings. The van der Waals surface area contributed by atoms with Crippen LogP contribution in [0.3, 0.4) is 0 Å². The molecule has 3 N–H and O–H groups in total.